The molecule has 0 spiro atoms. The number of nitrogens with zero attached hydrogens (tertiary/aromatic N) is 1. The molecule has 3 N–H and O–H groups in total. The van der Waals surface area contributed by atoms with Crippen molar-refractivity contribution < 1.29 is 4.79 Å². The summed E-state index contributed by atoms with van der Waals surface area (Å²) in [5, 5.41) is 3.20. The fourth-order valence-corrected chi connectivity index (χ4v) is 2.06. The average molecular weight is 290 g/mol. The molecule has 0 radical (unpaired) electrons. The molecule has 1 heterocycles. The molecule has 0 aliphatic rings. The number of amides is 1. The normalized spacial score (nSPS) is 11.9. The zero-order valence-corrected chi connectivity index (χ0v) is 11.9. The van der Waals surface area contributed by atoms with Gasteiger partial charge in [0.25, 0.3) is 5.91 Å². The Hall–Kier alpha value is -2.07. The SMILES string of the molecule is CC(Cc1ccccc1)NC(=O)c1cnc(N)c(Cl)c1. The number of carbonyl (C=O) groups is 1. The molecule has 1 atom stereocenters. The number of nitrogens with two attached hydrogens (primary N) is 1. The molecule has 2 rings (SSSR count). The Morgan fingerprint density at radius 3 is 2.75 bits per heavy atom. The van der Waals surface area contributed by atoms with E-state index in [1.807, 2.05) is 37.3 Å². The number of nitrogens with one attached hydrogen (secondary N) is 1. The molecule has 20 heavy (non-hydrogen) atoms. The smallest absolute Gasteiger partial charge is 0.253 e. The van der Waals surface area contributed by atoms with Crippen molar-refractivity contribution >= 4 is 23.3 Å². The van der Waals surface area contributed by atoms with Gasteiger partial charge in [0, 0.05) is 12.2 Å². The van der Waals surface area contributed by atoms with Gasteiger partial charge in [0.15, 0.2) is 0 Å². The molecular weight excluding hydrogens is 274 g/mol. The van der Waals surface area contributed by atoms with Crippen LogP contribution < -0.4 is 11.1 Å². The minimum absolute atomic E-state index is 0.0150. The molecule has 0 fully saturated rings. The quantitative estimate of drug-likeness (QED) is 0.909. The highest BCUT2D eigenvalue weighted by molar-refractivity contribution is 6.33. The fraction of sp³-hybridized carbons (Fsp3) is 0.200. The van der Waals surface area contributed by atoms with Crippen LogP contribution in [0, 0.1) is 0 Å². The van der Waals surface area contributed by atoms with E-state index >= 15 is 0 Å². The van der Waals surface area contributed by atoms with E-state index in [9.17, 15) is 4.79 Å². The maximum Gasteiger partial charge on any atom is 0.253 e. The number of hydrogen-bond acceptors (Lipinski definition) is 3. The summed E-state index contributed by atoms with van der Waals surface area (Å²) < 4.78 is 0. The minimum atomic E-state index is -0.206. The number of aromatic nitrogens is 1. The highest BCUT2D eigenvalue weighted by atomic mass is 35.5. The van der Waals surface area contributed by atoms with Gasteiger partial charge in [-0.05, 0) is 25.0 Å². The summed E-state index contributed by atoms with van der Waals surface area (Å²) in [7, 11) is 0. The highest BCUT2D eigenvalue weighted by Gasteiger charge is 2.12. The Kier molecular flexibility index (Phi) is 4.58. The van der Waals surface area contributed by atoms with Crippen LogP contribution >= 0.6 is 11.6 Å². The van der Waals surface area contributed by atoms with Gasteiger partial charge in [0.05, 0.1) is 10.6 Å². The first-order valence-corrected chi connectivity index (χ1v) is 6.70. The molecule has 1 unspecified atom stereocenters. The van der Waals surface area contributed by atoms with Crippen molar-refractivity contribution in [3.8, 4) is 0 Å². The molecule has 0 saturated carbocycles. The van der Waals surface area contributed by atoms with Crippen molar-refractivity contribution in [2.24, 2.45) is 0 Å². The maximum atomic E-state index is 12.1. The molecular formula is C15H16ClN3O. The molecule has 0 saturated heterocycles. The standard InChI is InChI=1S/C15H16ClN3O/c1-10(7-11-5-3-2-4-6-11)19-15(20)12-8-13(16)14(17)18-9-12/h2-6,8-10H,7H2,1H3,(H2,17,18)(H,19,20). The lowest BCUT2D eigenvalue weighted by Gasteiger charge is -2.14. The van der Waals surface area contributed by atoms with E-state index in [0.717, 1.165) is 6.42 Å². The van der Waals surface area contributed by atoms with Crippen LogP contribution in [0.15, 0.2) is 42.6 Å². The van der Waals surface area contributed by atoms with Crippen LogP contribution in [0.5, 0.6) is 0 Å². The largest absolute Gasteiger partial charge is 0.382 e. The first kappa shape index (κ1) is 14.3. The van der Waals surface area contributed by atoms with E-state index in [2.05, 4.69) is 10.3 Å². The van der Waals surface area contributed by atoms with Crippen molar-refractivity contribution in [2.75, 3.05) is 5.73 Å². The van der Waals surface area contributed by atoms with Gasteiger partial charge in [0.2, 0.25) is 0 Å². The topological polar surface area (TPSA) is 68.0 Å². The Morgan fingerprint density at radius 2 is 2.10 bits per heavy atom. The first-order chi connectivity index (χ1) is 9.56. The van der Waals surface area contributed by atoms with Crippen molar-refractivity contribution in [3.05, 3.63) is 58.7 Å². The van der Waals surface area contributed by atoms with Crippen LogP contribution in [0.2, 0.25) is 5.02 Å². The van der Waals surface area contributed by atoms with E-state index in [1.54, 1.807) is 0 Å². The summed E-state index contributed by atoms with van der Waals surface area (Å²) in [6.45, 7) is 1.96. The lowest BCUT2D eigenvalue weighted by Crippen LogP contribution is -2.34. The molecule has 0 bridgehead atoms. The zero-order valence-electron chi connectivity index (χ0n) is 11.1. The van der Waals surface area contributed by atoms with Gasteiger partial charge >= 0.3 is 0 Å². The third-order valence-corrected chi connectivity index (χ3v) is 3.20. The molecule has 2 aromatic rings. The number of hydrogen-bond donors (Lipinski definition) is 2. The number of pyridine rings is 1. The van der Waals surface area contributed by atoms with Crippen molar-refractivity contribution in [1.29, 1.82) is 0 Å². The first-order valence-electron chi connectivity index (χ1n) is 6.32. The fourth-order valence-electron chi connectivity index (χ4n) is 1.90. The van der Waals surface area contributed by atoms with Crippen LogP contribution in [0.1, 0.15) is 22.8 Å². The van der Waals surface area contributed by atoms with Gasteiger partial charge in [-0.2, -0.15) is 0 Å². The number of nitrogen functional groups attached to an aromatic ring is 1. The Morgan fingerprint density at radius 1 is 1.40 bits per heavy atom. The molecule has 1 aromatic heterocycles. The molecule has 4 nitrogen and oxygen atoms in total. The summed E-state index contributed by atoms with van der Waals surface area (Å²) in [5.74, 6) is 0.0170. The van der Waals surface area contributed by atoms with Gasteiger partial charge in [0.1, 0.15) is 5.82 Å². The van der Waals surface area contributed by atoms with Crippen molar-refractivity contribution in [1.82, 2.24) is 10.3 Å². The summed E-state index contributed by atoms with van der Waals surface area (Å²) in [6.07, 6.45) is 2.19. The van der Waals surface area contributed by atoms with E-state index in [0.29, 0.717) is 5.56 Å². The average Bonchev–Trinajstić information content (AvgIpc) is 2.42. The number of carbonyl (C=O) groups excluding carboxylic acids is 1. The maximum absolute atomic E-state index is 12.1. The highest BCUT2D eigenvalue weighted by Crippen LogP contribution is 2.16. The van der Waals surface area contributed by atoms with Crippen molar-refractivity contribution in [3.63, 3.8) is 0 Å². The van der Waals surface area contributed by atoms with Crippen LogP contribution in [-0.4, -0.2) is 16.9 Å². The second kappa shape index (κ2) is 6.39. The summed E-state index contributed by atoms with van der Waals surface area (Å²) in [5.41, 5.74) is 7.10. The molecule has 5 heteroatoms. The number of rotatable bonds is 4. The van der Waals surface area contributed by atoms with Gasteiger partial charge in [-0.3, -0.25) is 4.79 Å². The molecule has 1 aromatic carbocycles. The lowest BCUT2D eigenvalue weighted by atomic mass is 10.1. The lowest BCUT2D eigenvalue weighted by molar-refractivity contribution is 0.0940. The van der Waals surface area contributed by atoms with Crippen molar-refractivity contribution in [2.45, 2.75) is 19.4 Å². The second-order valence-electron chi connectivity index (χ2n) is 4.66. The van der Waals surface area contributed by atoms with Crippen LogP contribution in [0.25, 0.3) is 0 Å². The predicted octanol–water partition coefficient (Wildman–Crippen LogP) is 2.68. The Balaban J connectivity index is 1.98. The van der Waals surface area contributed by atoms with E-state index in [-0.39, 0.29) is 22.8 Å². The van der Waals surface area contributed by atoms with Gasteiger partial charge in [-0.15, -0.1) is 0 Å². The van der Waals surface area contributed by atoms with E-state index < -0.39 is 0 Å². The van der Waals surface area contributed by atoms with Gasteiger partial charge < -0.3 is 11.1 Å². The summed E-state index contributed by atoms with van der Waals surface area (Å²) in [6, 6.07) is 11.5. The Bertz CT molecular complexity index is 601. The molecule has 0 aliphatic carbocycles. The monoisotopic (exact) mass is 289 g/mol. The van der Waals surface area contributed by atoms with Crippen LogP contribution in [-0.2, 0) is 6.42 Å². The van der Waals surface area contributed by atoms with E-state index in [1.165, 1.54) is 17.8 Å². The third-order valence-electron chi connectivity index (χ3n) is 2.89. The molecule has 1 amide bonds. The van der Waals surface area contributed by atoms with Gasteiger partial charge in [-0.25, -0.2) is 4.98 Å². The Labute approximate surface area is 123 Å². The summed E-state index contributed by atoms with van der Waals surface area (Å²) >= 11 is 5.86. The predicted molar refractivity (Wildman–Crippen MR) is 80.7 cm³/mol. The molecule has 104 valence electrons. The number of halogens is 1. The molecule has 0 aliphatic heterocycles. The van der Waals surface area contributed by atoms with Crippen LogP contribution in [0.4, 0.5) is 5.82 Å². The third kappa shape index (κ3) is 3.71. The zero-order chi connectivity index (χ0) is 14.5. The number of benzene rings is 1. The van der Waals surface area contributed by atoms with Gasteiger partial charge in [-0.1, -0.05) is 41.9 Å². The van der Waals surface area contributed by atoms with E-state index in [4.69, 9.17) is 17.3 Å². The van der Waals surface area contributed by atoms with Crippen LogP contribution in [0.3, 0.4) is 0 Å². The number of anilines is 1. The second-order valence-corrected chi connectivity index (χ2v) is 5.06. The minimum Gasteiger partial charge on any atom is -0.382 e. The summed E-state index contributed by atoms with van der Waals surface area (Å²) in [4.78, 5) is 15.9.